The van der Waals surface area contributed by atoms with E-state index in [1.807, 2.05) is 42.5 Å². The average molecular weight is 945 g/mol. The van der Waals surface area contributed by atoms with Gasteiger partial charge in [0.15, 0.2) is 0 Å². The number of amides is 6. The van der Waals surface area contributed by atoms with Gasteiger partial charge in [-0.05, 0) is 113 Å². The van der Waals surface area contributed by atoms with Crippen molar-refractivity contribution in [2.45, 2.75) is 135 Å². The van der Waals surface area contributed by atoms with Gasteiger partial charge in [0.2, 0.25) is 17.7 Å². The summed E-state index contributed by atoms with van der Waals surface area (Å²) in [6, 6.07) is 19.1. The number of carbonyl (C=O) groups is 8. The molecule has 0 radical (unpaired) electrons. The molecule has 18 heteroatoms. The number of methoxy groups -OCH3 is 1. The third-order valence-electron chi connectivity index (χ3n) is 10.4. The summed E-state index contributed by atoms with van der Waals surface area (Å²) in [5.41, 5.74) is 3.46. The van der Waals surface area contributed by atoms with Crippen molar-refractivity contribution >= 4 is 47.8 Å². The standard InChI is InChI=1S/C50H68N6O12/c1-7-8-15-34-20-22-36(23-21-34)37-24-26-38(27-25-37)44(60)54-39(18-12-13-30-51-48(64)67-32-35-16-10-9-11-17-35)46(62)55-40(28-29-42(57)58)45(61)53-33(2)43(59)56-41(47(63)66-6)19-14-31-52-49(65)68-50(3,4)5/h9-11,16-17,20-27,33,39-41H,7-8,12-15,18-19,28-32H2,1-6H3,(H,51,64)(H,52,65)(H,53,61)(H,54,60)(H,55,62)(H,56,59)(H,57,58)/t33-,39-,40-,41-/m0/s1. The van der Waals surface area contributed by atoms with Crippen LogP contribution in [0.5, 0.6) is 0 Å². The summed E-state index contributed by atoms with van der Waals surface area (Å²) in [5.74, 6) is -5.06. The summed E-state index contributed by atoms with van der Waals surface area (Å²) in [6.07, 6.45) is 2.09. The number of esters is 1. The summed E-state index contributed by atoms with van der Waals surface area (Å²) in [7, 11) is 1.14. The number of carboxylic acid groups (broad SMARTS) is 1. The number of carboxylic acids is 1. The lowest BCUT2D eigenvalue weighted by atomic mass is 10.0. The van der Waals surface area contributed by atoms with Gasteiger partial charge in [0.25, 0.3) is 5.91 Å². The van der Waals surface area contributed by atoms with Crippen LogP contribution in [0.15, 0.2) is 78.9 Å². The van der Waals surface area contributed by atoms with Crippen molar-refractivity contribution < 1.29 is 57.7 Å². The molecule has 0 aliphatic rings. The highest BCUT2D eigenvalue weighted by Crippen LogP contribution is 2.21. The number of alkyl carbamates (subject to hydrolysis) is 2. The van der Waals surface area contributed by atoms with E-state index in [1.54, 1.807) is 45.0 Å². The van der Waals surface area contributed by atoms with Gasteiger partial charge in [-0.1, -0.05) is 80.1 Å². The van der Waals surface area contributed by atoms with Gasteiger partial charge in [-0.2, -0.15) is 0 Å². The Morgan fingerprint density at radius 1 is 0.618 bits per heavy atom. The normalized spacial score (nSPS) is 12.7. The lowest BCUT2D eigenvalue weighted by Crippen LogP contribution is -2.57. The highest BCUT2D eigenvalue weighted by Gasteiger charge is 2.31. The molecule has 0 saturated carbocycles. The highest BCUT2D eigenvalue weighted by molar-refractivity contribution is 5.99. The van der Waals surface area contributed by atoms with Crippen LogP contribution in [-0.2, 0) is 51.2 Å². The molecule has 3 aromatic rings. The van der Waals surface area contributed by atoms with E-state index in [9.17, 15) is 43.5 Å². The number of unbranched alkanes of at least 4 members (excludes halogenated alkanes) is 2. The number of ether oxygens (including phenoxy) is 3. The molecular formula is C50H68N6O12. The van der Waals surface area contributed by atoms with Crippen molar-refractivity contribution in [1.82, 2.24) is 31.9 Å². The van der Waals surface area contributed by atoms with E-state index >= 15 is 0 Å². The van der Waals surface area contributed by atoms with Crippen LogP contribution in [0.25, 0.3) is 11.1 Å². The summed E-state index contributed by atoms with van der Waals surface area (Å²) >= 11 is 0. The highest BCUT2D eigenvalue weighted by atomic mass is 16.6. The maximum atomic E-state index is 14.0. The molecule has 0 aliphatic heterocycles. The van der Waals surface area contributed by atoms with Crippen LogP contribution in [-0.4, -0.2) is 103 Å². The van der Waals surface area contributed by atoms with Crippen molar-refractivity contribution in [3.8, 4) is 11.1 Å². The van der Waals surface area contributed by atoms with Crippen molar-refractivity contribution in [3.05, 3.63) is 95.6 Å². The van der Waals surface area contributed by atoms with Crippen LogP contribution >= 0.6 is 0 Å². The molecule has 0 bridgehead atoms. The number of hydrogen-bond acceptors (Lipinski definition) is 11. The molecule has 0 fully saturated rings. The largest absolute Gasteiger partial charge is 0.481 e. The van der Waals surface area contributed by atoms with E-state index in [1.165, 1.54) is 12.5 Å². The predicted molar refractivity (Wildman–Crippen MR) is 254 cm³/mol. The van der Waals surface area contributed by atoms with Crippen LogP contribution in [0, 0.1) is 0 Å². The quantitative estimate of drug-likeness (QED) is 0.0276. The van der Waals surface area contributed by atoms with Crippen molar-refractivity contribution in [3.63, 3.8) is 0 Å². The number of aryl methyl sites for hydroxylation is 1. The van der Waals surface area contributed by atoms with Gasteiger partial charge < -0.3 is 51.2 Å². The molecule has 0 aliphatic carbocycles. The first kappa shape index (κ1) is 55.3. The lowest BCUT2D eigenvalue weighted by molar-refractivity contribution is -0.145. The molecule has 0 aromatic heterocycles. The minimum atomic E-state index is -1.46. The first-order valence-corrected chi connectivity index (χ1v) is 23.0. The van der Waals surface area contributed by atoms with Gasteiger partial charge in [-0.3, -0.25) is 24.0 Å². The first-order valence-electron chi connectivity index (χ1n) is 23.0. The third-order valence-corrected chi connectivity index (χ3v) is 10.4. The van der Waals surface area contributed by atoms with Crippen LogP contribution in [0.3, 0.4) is 0 Å². The third kappa shape index (κ3) is 21.1. The second-order valence-corrected chi connectivity index (χ2v) is 17.3. The maximum Gasteiger partial charge on any atom is 0.407 e. The Labute approximate surface area is 398 Å². The van der Waals surface area contributed by atoms with Crippen molar-refractivity contribution in [1.29, 1.82) is 0 Å². The van der Waals surface area contributed by atoms with Gasteiger partial charge in [0.05, 0.1) is 7.11 Å². The molecule has 370 valence electrons. The molecule has 4 atom stereocenters. The van der Waals surface area contributed by atoms with Crippen molar-refractivity contribution in [2.75, 3.05) is 20.2 Å². The molecule has 3 rings (SSSR count). The topological polar surface area (TPSA) is 257 Å². The summed E-state index contributed by atoms with van der Waals surface area (Å²) in [5, 5.41) is 25.1. The zero-order valence-corrected chi connectivity index (χ0v) is 39.9. The Hall–Kier alpha value is -6.98. The fraction of sp³-hybridized carbons (Fsp3) is 0.480. The van der Waals surface area contributed by atoms with E-state index < -0.39 is 83.9 Å². The smallest absolute Gasteiger partial charge is 0.407 e. The minimum absolute atomic E-state index is 0.0603. The molecule has 18 nitrogen and oxygen atoms in total. The number of benzene rings is 3. The van der Waals surface area contributed by atoms with Crippen LogP contribution < -0.4 is 31.9 Å². The summed E-state index contributed by atoms with van der Waals surface area (Å²) < 4.78 is 15.3. The molecule has 0 saturated heterocycles. The molecule has 0 spiro atoms. The fourth-order valence-corrected chi connectivity index (χ4v) is 6.69. The van der Waals surface area contributed by atoms with Crippen molar-refractivity contribution in [2.24, 2.45) is 0 Å². The minimum Gasteiger partial charge on any atom is -0.481 e. The number of rotatable bonds is 27. The number of hydrogen-bond donors (Lipinski definition) is 7. The predicted octanol–water partition coefficient (Wildman–Crippen LogP) is 5.71. The molecule has 3 aromatic carbocycles. The van der Waals surface area contributed by atoms with E-state index in [4.69, 9.17) is 14.2 Å². The van der Waals surface area contributed by atoms with E-state index in [2.05, 4.69) is 51.0 Å². The monoisotopic (exact) mass is 944 g/mol. The SMILES string of the molecule is CCCCc1ccc(-c2ccc(C(=O)N[C@@H](CCCCNC(=O)OCc3ccccc3)C(=O)N[C@@H](CCC(=O)O)C(=O)N[C@@H](C)C(=O)N[C@@H](CCCNC(=O)OC(C)(C)C)C(=O)OC)cc2)cc1. The Morgan fingerprint density at radius 2 is 1.19 bits per heavy atom. The zero-order valence-electron chi connectivity index (χ0n) is 39.9. The molecular weight excluding hydrogens is 877 g/mol. The van der Waals surface area contributed by atoms with E-state index in [0.717, 1.165) is 43.1 Å². The maximum absolute atomic E-state index is 14.0. The lowest BCUT2D eigenvalue weighted by Gasteiger charge is -2.25. The Kier molecular flexibility index (Phi) is 23.5. The second-order valence-electron chi connectivity index (χ2n) is 17.3. The molecule has 0 unspecified atom stereocenters. The molecule has 68 heavy (non-hydrogen) atoms. The van der Waals surface area contributed by atoms with Gasteiger partial charge in [-0.25, -0.2) is 14.4 Å². The Balaban J connectivity index is 1.70. The van der Waals surface area contributed by atoms with Gasteiger partial charge in [-0.15, -0.1) is 0 Å². The first-order chi connectivity index (χ1) is 32.4. The number of carbonyl (C=O) groups excluding carboxylic acids is 7. The van der Waals surface area contributed by atoms with Gasteiger partial charge in [0.1, 0.15) is 36.4 Å². The molecule has 0 heterocycles. The van der Waals surface area contributed by atoms with Gasteiger partial charge >= 0.3 is 24.1 Å². The van der Waals surface area contributed by atoms with E-state index in [0.29, 0.717) is 12.8 Å². The second kappa shape index (κ2) is 28.9. The van der Waals surface area contributed by atoms with E-state index in [-0.39, 0.29) is 50.9 Å². The number of aliphatic carboxylic acids is 1. The average Bonchev–Trinajstić information content (AvgIpc) is 3.31. The molecule has 7 N–H and O–H groups in total. The van der Waals surface area contributed by atoms with Crippen LogP contribution in [0.1, 0.15) is 114 Å². The van der Waals surface area contributed by atoms with Crippen LogP contribution in [0.4, 0.5) is 9.59 Å². The molecule has 6 amide bonds. The fourth-order valence-electron chi connectivity index (χ4n) is 6.69. The summed E-state index contributed by atoms with van der Waals surface area (Å²) in [6.45, 7) is 9.01. The van der Waals surface area contributed by atoms with Gasteiger partial charge in [0, 0.05) is 25.1 Å². The zero-order chi connectivity index (χ0) is 50.1. The number of nitrogens with one attached hydrogen (secondary N) is 6. The Bertz CT molecular complexity index is 2110. The Morgan fingerprint density at radius 3 is 1.81 bits per heavy atom. The summed E-state index contributed by atoms with van der Waals surface area (Å²) in [4.78, 5) is 103. The van der Waals surface area contributed by atoms with Crippen LogP contribution in [0.2, 0.25) is 0 Å².